The van der Waals surface area contributed by atoms with Crippen molar-refractivity contribution in [2.75, 3.05) is 36.8 Å². The summed E-state index contributed by atoms with van der Waals surface area (Å²) in [7, 11) is -2.48. The van der Waals surface area contributed by atoms with Crippen molar-refractivity contribution in [3.63, 3.8) is 0 Å². The largest absolute Gasteiger partial charge is 0.497 e. The van der Waals surface area contributed by atoms with Crippen molar-refractivity contribution in [2.45, 2.75) is 31.5 Å². The van der Waals surface area contributed by atoms with Crippen molar-refractivity contribution in [2.24, 2.45) is 0 Å². The number of carbonyl (C=O) groups is 3. The van der Waals surface area contributed by atoms with E-state index in [-0.39, 0.29) is 12.6 Å². The van der Waals surface area contributed by atoms with Gasteiger partial charge in [0.05, 0.1) is 30.6 Å². The predicted molar refractivity (Wildman–Crippen MR) is 172 cm³/mol. The zero-order valence-corrected chi connectivity index (χ0v) is 27.0. The Morgan fingerprint density at radius 3 is 2.11 bits per heavy atom. The van der Waals surface area contributed by atoms with E-state index in [0.29, 0.717) is 34.6 Å². The number of sulfonamides is 1. The third-order valence-corrected chi connectivity index (χ3v) is 9.64. The van der Waals surface area contributed by atoms with Gasteiger partial charge in [0.25, 0.3) is 0 Å². The molecule has 3 aromatic rings. The van der Waals surface area contributed by atoms with Crippen molar-refractivity contribution < 1.29 is 32.6 Å². The zero-order valence-electron chi connectivity index (χ0n) is 24.7. The Labute approximate surface area is 272 Å². The molecular weight excluding hydrogens is 643 g/mol. The van der Waals surface area contributed by atoms with Crippen molar-refractivity contribution in [1.29, 1.82) is 0 Å². The SMILES string of the molecule is COc1cccc(N(C2CN(C(c3ccc(Cl)cc3)c3ccc(Cl)cc3)C2)S(=O)(=O)CCNC(=O)C(C)NC(=O)CC(=O)O)c1. The number of ether oxygens (including phenoxy) is 1. The fourth-order valence-corrected chi connectivity index (χ4v) is 6.98. The van der Waals surface area contributed by atoms with Crippen LogP contribution in [0.15, 0.2) is 72.8 Å². The highest BCUT2D eigenvalue weighted by molar-refractivity contribution is 7.92. The molecule has 1 heterocycles. The quantitative estimate of drug-likeness (QED) is 0.219. The molecule has 240 valence electrons. The molecule has 1 atom stereocenters. The van der Waals surface area contributed by atoms with Crippen LogP contribution in [0, 0.1) is 0 Å². The summed E-state index contributed by atoms with van der Waals surface area (Å²) in [5, 5.41) is 14.8. The molecule has 0 saturated carbocycles. The Morgan fingerprint density at radius 2 is 1.58 bits per heavy atom. The molecule has 1 unspecified atom stereocenters. The predicted octanol–water partition coefficient (Wildman–Crippen LogP) is 3.71. The van der Waals surface area contributed by atoms with E-state index < -0.39 is 52.1 Å². The standard InChI is InChI=1S/C31H34Cl2N4O7S/c1-20(35-28(38)17-29(39)40)31(41)34-14-15-45(42,43)37(25-4-3-5-27(16-25)44-2)26-18-36(19-26)30(21-6-10-23(32)11-7-21)22-8-12-24(33)13-9-22/h3-13,16,20,26,30H,14-15,17-19H2,1-2H3,(H,34,41)(H,35,38)(H,39,40). The van der Waals surface area contributed by atoms with E-state index in [4.69, 9.17) is 33.0 Å². The van der Waals surface area contributed by atoms with Crippen LogP contribution in [0.3, 0.4) is 0 Å². The Morgan fingerprint density at radius 1 is 1.00 bits per heavy atom. The van der Waals surface area contributed by atoms with Crippen LogP contribution in [-0.2, 0) is 24.4 Å². The molecule has 1 saturated heterocycles. The smallest absolute Gasteiger partial charge is 0.312 e. The summed E-state index contributed by atoms with van der Waals surface area (Å²) in [6.07, 6.45) is -0.781. The van der Waals surface area contributed by atoms with Crippen LogP contribution < -0.4 is 19.7 Å². The number of carbonyl (C=O) groups excluding carboxylic acids is 2. The molecule has 14 heteroatoms. The normalized spacial score (nSPS) is 14.3. The number of methoxy groups -OCH3 is 1. The summed E-state index contributed by atoms with van der Waals surface area (Å²) in [5.41, 5.74) is 2.40. The third-order valence-electron chi connectivity index (χ3n) is 7.31. The van der Waals surface area contributed by atoms with Crippen LogP contribution in [-0.4, -0.2) is 80.8 Å². The van der Waals surface area contributed by atoms with Gasteiger partial charge >= 0.3 is 5.97 Å². The minimum Gasteiger partial charge on any atom is -0.497 e. The van der Waals surface area contributed by atoms with Gasteiger partial charge in [0, 0.05) is 35.7 Å². The summed E-state index contributed by atoms with van der Waals surface area (Å²) in [4.78, 5) is 37.1. The number of benzene rings is 3. The molecule has 11 nitrogen and oxygen atoms in total. The van der Waals surface area contributed by atoms with Crippen LogP contribution >= 0.6 is 23.2 Å². The number of carboxylic acid groups (broad SMARTS) is 1. The second-order valence-corrected chi connectivity index (χ2v) is 13.4. The van der Waals surface area contributed by atoms with Crippen molar-refractivity contribution >= 4 is 56.7 Å². The summed E-state index contributed by atoms with van der Waals surface area (Å²) < 4.78 is 34.4. The van der Waals surface area contributed by atoms with Gasteiger partial charge in [-0.15, -0.1) is 0 Å². The number of anilines is 1. The topological polar surface area (TPSA) is 145 Å². The number of aliphatic carboxylic acids is 1. The molecule has 4 rings (SSSR count). The maximum Gasteiger partial charge on any atom is 0.312 e. The van der Waals surface area contributed by atoms with Crippen molar-refractivity contribution in [3.05, 3.63) is 94.0 Å². The molecule has 0 radical (unpaired) electrons. The highest BCUT2D eigenvalue weighted by Gasteiger charge is 2.42. The summed E-state index contributed by atoms with van der Waals surface area (Å²) >= 11 is 12.3. The first kappa shape index (κ1) is 34.0. The molecule has 1 fully saturated rings. The zero-order chi connectivity index (χ0) is 32.7. The van der Waals surface area contributed by atoms with Crippen LogP contribution in [0.1, 0.15) is 30.5 Å². The van der Waals surface area contributed by atoms with Gasteiger partial charge in [-0.3, -0.25) is 23.6 Å². The number of nitrogens with one attached hydrogen (secondary N) is 2. The third kappa shape index (κ3) is 8.88. The molecule has 1 aliphatic rings. The summed E-state index contributed by atoms with van der Waals surface area (Å²) in [6, 6.07) is 20.2. The molecule has 3 aromatic carbocycles. The fraction of sp³-hybridized carbons (Fsp3) is 0.323. The number of halogens is 2. The summed E-state index contributed by atoms with van der Waals surface area (Å²) in [6.45, 7) is 1.97. The average Bonchev–Trinajstić information content (AvgIpc) is 2.97. The second kappa shape index (κ2) is 15.0. The summed E-state index contributed by atoms with van der Waals surface area (Å²) in [5.74, 6) is -2.72. The van der Waals surface area contributed by atoms with Gasteiger partial charge in [-0.05, 0) is 54.4 Å². The molecule has 45 heavy (non-hydrogen) atoms. The minimum atomic E-state index is -3.97. The lowest BCUT2D eigenvalue weighted by Crippen LogP contribution is -2.62. The van der Waals surface area contributed by atoms with Crippen LogP contribution in [0.4, 0.5) is 5.69 Å². The second-order valence-electron chi connectivity index (χ2n) is 10.6. The van der Waals surface area contributed by atoms with E-state index in [0.717, 1.165) is 11.1 Å². The van der Waals surface area contributed by atoms with Crippen LogP contribution in [0.2, 0.25) is 10.0 Å². The van der Waals surface area contributed by atoms with Crippen molar-refractivity contribution in [3.8, 4) is 5.75 Å². The Kier molecular flexibility index (Phi) is 11.3. The molecule has 0 bridgehead atoms. The minimum absolute atomic E-state index is 0.178. The van der Waals surface area contributed by atoms with Gasteiger partial charge in [0.2, 0.25) is 21.8 Å². The molecule has 0 aliphatic carbocycles. The molecular formula is C31H34Cl2N4O7S. The Bertz CT molecular complexity index is 1570. The fourth-order valence-electron chi connectivity index (χ4n) is 5.15. The van der Waals surface area contributed by atoms with Gasteiger partial charge in [-0.25, -0.2) is 8.42 Å². The number of amides is 2. The van der Waals surface area contributed by atoms with Gasteiger partial charge in [0.1, 0.15) is 18.2 Å². The first-order valence-corrected chi connectivity index (χ1v) is 16.4. The van der Waals surface area contributed by atoms with Gasteiger partial charge in [0.15, 0.2) is 0 Å². The number of hydrogen-bond acceptors (Lipinski definition) is 7. The maximum absolute atomic E-state index is 13.9. The Hall–Kier alpha value is -3.84. The molecule has 1 aliphatic heterocycles. The monoisotopic (exact) mass is 676 g/mol. The molecule has 0 aromatic heterocycles. The average molecular weight is 678 g/mol. The van der Waals surface area contributed by atoms with Gasteiger partial charge < -0.3 is 20.5 Å². The van der Waals surface area contributed by atoms with E-state index >= 15 is 0 Å². The lowest BCUT2D eigenvalue weighted by molar-refractivity contribution is -0.141. The molecule has 0 spiro atoms. The lowest BCUT2D eigenvalue weighted by atomic mass is 9.93. The highest BCUT2D eigenvalue weighted by atomic mass is 35.5. The number of rotatable bonds is 14. The number of nitrogens with zero attached hydrogens (tertiary/aromatic N) is 2. The lowest BCUT2D eigenvalue weighted by Gasteiger charge is -2.49. The number of hydrogen-bond donors (Lipinski definition) is 3. The van der Waals surface area contributed by atoms with E-state index in [9.17, 15) is 22.8 Å². The first-order chi connectivity index (χ1) is 21.4. The van der Waals surface area contributed by atoms with Crippen LogP contribution in [0.25, 0.3) is 0 Å². The number of likely N-dealkylation sites (tertiary alicyclic amines) is 1. The van der Waals surface area contributed by atoms with E-state index in [1.54, 1.807) is 24.3 Å². The molecule has 2 amide bonds. The van der Waals surface area contributed by atoms with Gasteiger partial charge in [-0.2, -0.15) is 0 Å². The van der Waals surface area contributed by atoms with Gasteiger partial charge in [-0.1, -0.05) is 53.5 Å². The highest BCUT2D eigenvalue weighted by Crippen LogP contribution is 2.37. The van der Waals surface area contributed by atoms with E-state index in [2.05, 4.69) is 15.5 Å². The van der Waals surface area contributed by atoms with E-state index in [1.807, 2.05) is 48.5 Å². The Balaban J connectivity index is 1.52. The van der Waals surface area contributed by atoms with E-state index in [1.165, 1.54) is 18.3 Å². The maximum atomic E-state index is 13.9. The van der Waals surface area contributed by atoms with Crippen molar-refractivity contribution in [1.82, 2.24) is 15.5 Å². The van der Waals surface area contributed by atoms with Crippen LogP contribution in [0.5, 0.6) is 5.75 Å². The first-order valence-electron chi connectivity index (χ1n) is 14.1. The molecule has 3 N–H and O–H groups in total. The number of carboxylic acids is 1.